The molecule has 0 bridgehead atoms. The van der Waals surface area contributed by atoms with Crippen molar-refractivity contribution in [3.8, 4) is 28.8 Å². The monoisotopic (exact) mass is 296 g/mol. The normalized spacial score (nSPS) is 10.6. The van der Waals surface area contributed by atoms with Gasteiger partial charge in [0.25, 0.3) is 0 Å². The van der Waals surface area contributed by atoms with Crippen LogP contribution in [0.25, 0.3) is 22.3 Å². The van der Waals surface area contributed by atoms with Crippen LogP contribution in [0.3, 0.4) is 0 Å². The molecule has 0 saturated heterocycles. The van der Waals surface area contributed by atoms with Gasteiger partial charge >= 0.3 is 0 Å². The second-order valence-electron chi connectivity index (χ2n) is 4.66. The summed E-state index contributed by atoms with van der Waals surface area (Å²) in [7, 11) is 1.51. The summed E-state index contributed by atoms with van der Waals surface area (Å²) < 4.78 is 10.7. The predicted octanol–water partition coefficient (Wildman–Crippen LogP) is 3.41. The minimum atomic E-state index is 0.0164. The zero-order valence-corrected chi connectivity index (χ0v) is 12.4. The standard InChI is InChI=1S/C17H16N2O3/c1-3-22-17-11-7-4-5-9-13(11)18-16(19-17)12-8-6-10-14(21-2)15(12)20/h4-10,20H,3H2,1-2H3. The smallest absolute Gasteiger partial charge is 0.225 e. The molecule has 0 spiro atoms. The third-order valence-corrected chi connectivity index (χ3v) is 3.31. The highest BCUT2D eigenvalue weighted by Crippen LogP contribution is 2.36. The summed E-state index contributed by atoms with van der Waals surface area (Å²) in [5.74, 6) is 1.30. The minimum Gasteiger partial charge on any atom is -0.504 e. The number of hydrogen-bond acceptors (Lipinski definition) is 5. The average Bonchev–Trinajstić information content (AvgIpc) is 2.55. The molecule has 22 heavy (non-hydrogen) atoms. The van der Waals surface area contributed by atoms with Crippen LogP contribution in [0.4, 0.5) is 0 Å². The Labute approximate surface area is 128 Å². The molecule has 0 aliphatic rings. The van der Waals surface area contributed by atoms with Gasteiger partial charge in [-0.2, -0.15) is 4.98 Å². The van der Waals surface area contributed by atoms with Gasteiger partial charge in [-0.25, -0.2) is 4.98 Å². The highest BCUT2D eigenvalue weighted by atomic mass is 16.5. The van der Waals surface area contributed by atoms with Crippen LogP contribution in [0.2, 0.25) is 0 Å². The summed E-state index contributed by atoms with van der Waals surface area (Å²) in [6, 6.07) is 12.8. The van der Waals surface area contributed by atoms with Crippen molar-refractivity contribution in [1.29, 1.82) is 0 Å². The highest BCUT2D eigenvalue weighted by Gasteiger charge is 2.15. The summed E-state index contributed by atoms with van der Waals surface area (Å²) in [6.07, 6.45) is 0. The van der Waals surface area contributed by atoms with Crippen LogP contribution in [-0.4, -0.2) is 28.8 Å². The van der Waals surface area contributed by atoms with E-state index in [2.05, 4.69) is 9.97 Å². The summed E-state index contributed by atoms with van der Waals surface area (Å²) >= 11 is 0. The van der Waals surface area contributed by atoms with Crippen molar-refractivity contribution in [2.24, 2.45) is 0 Å². The van der Waals surface area contributed by atoms with Crippen LogP contribution in [0.5, 0.6) is 17.4 Å². The summed E-state index contributed by atoms with van der Waals surface area (Å²) in [4.78, 5) is 8.97. The second-order valence-corrected chi connectivity index (χ2v) is 4.66. The molecule has 0 atom stereocenters. The quantitative estimate of drug-likeness (QED) is 0.799. The van der Waals surface area contributed by atoms with Crippen molar-refractivity contribution in [3.63, 3.8) is 0 Å². The fourth-order valence-corrected chi connectivity index (χ4v) is 2.28. The molecule has 0 amide bonds. The number of rotatable bonds is 4. The van der Waals surface area contributed by atoms with Crippen molar-refractivity contribution in [3.05, 3.63) is 42.5 Å². The SMILES string of the molecule is CCOc1nc(-c2cccc(OC)c2O)nc2ccccc12. The largest absolute Gasteiger partial charge is 0.504 e. The van der Waals surface area contributed by atoms with Gasteiger partial charge in [0.2, 0.25) is 5.88 Å². The van der Waals surface area contributed by atoms with Crippen molar-refractivity contribution in [2.75, 3.05) is 13.7 Å². The molecule has 0 unspecified atom stereocenters. The first-order valence-electron chi connectivity index (χ1n) is 7.00. The molecule has 0 saturated carbocycles. The van der Waals surface area contributed by atoms with Gasteiger partial charge in [-0.1, -0.05) is 18.2 Å². The number of aromatic nitrogens is 2. The average molecular weight is 296 g/mol. The maximum atomic E-state index is 10.3. The Morgan fingerprint density at radius 3 is 2.64 bits per heavy atom. The van der Waals surface area contributed by atoms with E-state index in [1.54, 1.807) is 18.2 Å². The topological polar surface area (TPSA) is 64.5 Å². The lowest BCUT2D eigenvalue weighted by Crippen LogP contribution is -1.99. The van der Waals surface area contributed by atoms with Crippen molar-refractivity contribution < 1.29 is 14.6 Å². The maximum absolute atomic E-state index is 10.3. The molecule has 0 aliphatic heterocycles. The number of phenols is 1. The van der Waals surface area contributed by atoms with Crippen LogP contribution in [0, 0.1) is 0 Å². The summed E-state index contributed by atoms with van der Waals surface area (Å²) in [5.41, 5.74) is 1.27. The van der Waals surface area contributed by atoms with Crippen LogP contribution >= 0.6 is 0 Å². The molecule has 2 aromatic carbocycles. The Hall–Kier alpha value is -2.82. The third kappa shape index (κ3) is 2.41. The third-order valence-electron chi connectivity index (χ3n) is 3.31. The lowest BCUT2D eigenvalue weighted by molar-refractivity contribution is 0.331. The minimum absolute atomic E-state index is 0.0164. The lowest BCUT2D eigenvalue weighted by Gasteiger charge is -2.11. The molecule has 0 radical (unpaired) electrons. The van der Waals surface area contributed by atoms with Gasteiger partial charge in [0.15, 0.2) is 17.3 Å². The number of fused-ring (bicyclic) bond motifs is 1. The van der Waals surface area contributed by atoms with Crippen LogP contribution in [0.1, 0.15) is 6.92 Å². The van der Waals surface area contributed by atoms with E-state index >= 15 is 0 Å². The molecule has 5 heteroatoms. The van der Waals surface area contributed by atoms with E-state index in [1.165, 1.54) is 7.11 Å². The molecule has 0 aliphatic carbocycles. The first-order valence-corrected chi connectivity index (χ1v) is 7.00. The number of phenolic OH excluding ortho intramolecular Hbond substituents is 1. The number of methoxy groups -OCH3 is 1. The lowest BCUT2D eigenvalue weighted by atomic mass is 10.1. The molecule has 1 heterocycles. The Kier molecular flexibility index (Phi) is 3.78. The van der Waals surface area contributed by atoms with E-state index in [9.17, 15) is 5.11 Å². The molecule has 1 N–H and O–H groups in total. The van der Waals surface area contributed by atoms with E-state index < -0.39 is 0 Å². The van der Waals surface area contributed by atoms with Gasteiger partial charge in [0.1, 0.15) is 0 Å². The van der Waals surface area contributed by atoms with Crippen LogP contribution in [-0.2, 0) is 0 Å². The first kappa shape index (κ1) is 14.1. The molecule has 5 nitrogen and oxygen atoms in total. The number of ether oxygens (including phenoxy) is 2. The Morgan fingerprint density at radius 1 is 1.05 bits per heavy atom. The van der Waals surface area contributed by atoms with Gasteiger partial charge in [0.05, 0.1) is 30.2 Å². The van der Waals surface area contributed by atoms with Crippen molar-refractivity contribution in [1.82, 2.24) is 9.97 Å². The highest BCUT2D eigenvalue weighted by molar-refractivity contribution is 5.85. The second kappa shape index (κ2) is 5.89. The van der Waals surface area contributed by atoms with Gasteiger partial charge < -0.3 is 14.6 Å². The fraction of sp³-hybridized carbons (Fsp3) is 0.176. The number of benzene rings is 2. The Balaban J connectivity index is 2.23. The van der Waals surface area contributed by atoms with Crippen molar-refractivity contribution >= 4 is 10.9 Å². The number of nitrogens with zero attached hydrogens (tertiary/aromatic N) is 2. The summed E-state index contributed by atoms with van der Waals surface area (Å²) in [6.45, 7) is 2.41. The molecule has 1 aromatic heterocycles. The molecule has 3 rings (SSSR count). The van der Waals surface area contributed by atoms with Gasteiger partial charge in [-0.3, -0.25) is 0 Å². The van der Waals surface area contributed by atoms with Gasteiger partial charge in [-0.05, 0) is 31.2 Å². The predicted molar refractivity (Wildman–Crippen MR) is 84.4 cm³/mol. The first-order chi connectivity index (χ1) is 10.7. The zero-order valence-electron chi connectivity index (χ0n) is 12.4. The van der Waals surface area contributed by atoms with Crippen LogP contribution in [0.15, 0.2) is 42.5 Å². The number of hydrogen-bond donors (Lipinski definition) is 1. The fourth-order valence-electron chi connectivity index (χ4n) is 2.28. The number of para-hydroxylation sites is 2. The van der Waals surface area contributed by atoms with E-state index in [0.717, 1.165) is 10.9 Å². The number of aromatic hydroxyl groups is 1. The summed E-state index contributed by atoms with van der Waals surface area (Å²) in [5, 5.41) is 11.1. The zero-order chi connectivity index (χ0) is 15.5. The van der Waals surface area contributed by atoms with E-state index in [4.69, 9.17) is 9.47 Å². The molecule has 3 aromatic rings. The van der Waals surface area contributed by atoms with E-state index in [1.807, 2.05) is 31.2 Å². The van der Waals surface area contributed by atoms with E-state index in [-0.39, 0.29) is 5.75 Å². The van der Waals surface area contributed by atoms with E-state index in [0.29, 0.717) is 29.6 Å². The maximum Gasteiger partial charge on any atom is 0.225 e. The molecular formula is C17H16N2O3. The van der Waals surface area contributed by atoms with Gasteiger partial charge in [-0.15, -0.1) is 0 Å². The van der Waals surface area contributed by atoms with Crippen molar-refractivity contribution in [2.45, 2.75) is 6.92 Å². The van der Waals surface area contributed by atoms with Gasteiger partial charge in [0, 0.05) is 0 Å². The molecular weight excluding hydrogens is 280 g/mol. The Bertz CT molecular complexity index is 818. The molecule has 0 fully saturated rings. The van der Waals surface area contributed by atoms with Crippen LogP contribution < -0.4 is 9.47 Å². The molecule has 112 valence electrons. The Morgan fingerprint density at radius 2 is 1.86 bits per heavy atom.